The molecule has 0 aliphatic carbocycles. The fourth-order valence-corrected chi connectivity index (χ4v) is 1.24. The van der Waals surface area contributed by atoms with Crippen molar-refractivity contribution in [1.82, 2.24) is 0 Å². The summed E-state index contributed by atoms with van der Waals surface area (Å²) in [7, 11) is 0. The fourth-order valence-electron chi connectivity index (χ4n) is 1.24. The van der Waals surface area contributed by atoms with Crippen LogP contribution in [-0.2, 0) is 4.74 Å². The summed E-state index contributed by atoms with van der Waals surface area (Å²) in [5, 5.41) is 2.65. The first kappa shape index (κ1) is 14.1. The Morgan fingerprint density at radius 3 is 2.78 bits per heavy atom. The minimum absolute atomic E-state index is 0.426. The van der Waals surface area contributed by atoms with E-state index < -0.39 is 11.7 Å². The molecule has 0 spiro atoms. The van der Waals surface area contributed by atoms with Crippen LogP contribution in [-0.4, -0.2) is 18.3 Å². The van der Waals surface area contributed by atoms with E-state index in [0.29, 0.717) is 18.0 Å². The standard InChI is InChI=1S/C14H19NO3/c1-5-9-17-12-8-6-7-11(10-12)15-13(16)18-14(2,3)4/h5-8,10H,1,9H2,2-4H3,(H,15,16). The van der Waals surface area contributed by atoms with Gasteiger partial charge in [-0.25, -0.2) is 4.79 Å². The second-order valence-electron chi connectivity index (χ2n) is 4.75. The molecule has 1 aromatic rings. The van der Waals surface area contributed by atoms with Gasteiger partial charge in [0.2, 0.25) is 0 Å². The van der Waals surface area contributed by atoms with E-state index in [0.717, 1.165) is 0 Å². The van der Waals surface area contributed by atoms with Crippen molar-refractivity contribution >= 4 is 11.8 Å². The van der Waals surface area contributed by atoms with Crippen LogP contribution in [0.4, 0.5) is 10.5 Å². The lowest BCUT2D eigenvalue weighted by Gasteiger charge is -2.19. The van der Waals surface area contributed by atoms with Crippen LogP contribution in [0.3, 0.4) is 0 Å². The quantitative estimate of drug-likeness (QED) is 0.829. The van der Waals surface area contributed by atoms with E-state index in [1.54, 1.807) is 24.3 Å². The Balaban J connectivity index is 2.61. The van der Waals surface area contributed by atoms with Crippen LogP contribution in [0.1, 0.15) is 20.8 Å². The molecule has 1 N–H and O–H groups in total. The maximum absolute atomic E-state index is 11.6. The van der Waals surface area contributed by atoms with Crippen molar-refractivity contribution in [3.63, 3.8) is 0 Å². The second-order valence-corrected chi connectivity index (χ2v) is 4.75. The lowest BCUT2D eigenvalue weighted by atomic mass is 10.2. The van der Waals surface area contributed by atoms with Gasteiger partial charge in [-0.2, -0.15) is 0 Å². The molecule has 4 heteroatoms. The first-order valence-corrected chi connectivity index (χ1v) is 5.74. The van der Waals surface area contributed by atoms with Gasteiger partial charge in [-0.15, -0.1) is 0 Å². The number of hydrogen-bond donors (Lipinski definition) is 1. The van der Waals surface area contributed by atoms with Gasteiger partial charge in [-0.1, -0.05) is 18.7 Å². The molecule has 0 saturated heterocycles. The second kappa shape index (κ2) is 6.10. The van der Waals surface area contributed by atoms with Crippen LogP contribution in [0.5, 0.6) is 5.75 Å². The summed E-state index contributed by atoms with van der Waals surface area (Å²) in [5.74, 6) is 0.670. The van der Waals surface area contributed by atoms with Crippen LogP contribution < -0.4 is 10.1 Å². The normalized spacial score (nSPS) is 10.6. The number of benzene rings is 1. The third-order valence-corrected chi connectivity index (χ3v) is 1.85. The van der Waals surface area contributed by atoms with Crippen molar-refractivity contribution in [3.8, 4) is 5.75 Å². The average Bonchev–Trinajstić information content (AvgIpc) is 2.24. The Labute approximate surface area is 108 Å². The Kier molecular flexibility index (Phi) is 4.77. The van der Waals surface area contributed by atoms with Crippen LogP contribution in [0.15, 0.2) is 36.9 Å². The zero-order valence-corrected chi connectivity index (χ0v) is 11.0. The van der Waals surface area contributed by atoms with Gasteiger partial charge in [-0.3, -0.25) is 5.32 Å². The Morgan fingerprint density at radius 1 is 1.44 bits per heavy atom. The summed E-state index contributed by atoms with van der Waals surface area (Å²) < 4.78 is 10.5. The molecule has 0 unspecified atom stereocenters. The SMILES string of the molecule is C=CCOc1cccc(NC(=O)OC(C)(C)C)c1. The summed E-state index contributed by atoms with van der Waals surface area (Å²) in [4.78, 5) is 11.6. The van der Waals surface area contributed by atoms with Gasteiger partial charge in [0.05, 0.1) is 0 Å². The third kappa shape index (κ3) is 5.39. The number of carbonyl (C=O) groups excluding carboxylic acids is 1. The lowest BCUT2D eigenvalue weighted by Crippen LogP contribution is -2.27. The molecule has 98 valence electrons. The molecule has 1 amide bonds. The number of ether oxygens (including phenoxy) is 2. The van der Waals surface area contributed by atoms with Crippen LogP contribution in [0.2, 0.25) is 0 Å². The molecule has 1 aromatic carbocycles. The van der Waals surface area contributed by atoms with E-state index >= 15 is 0 Å². The topological polar surface area (TPSA) is 47.6 Å². The predicted molar refractivity (Wildman–Crippen MR) is 72.0 cm³/mol. The molecule has 0 aliphatic heterocycles. The van der Waals surface area contributed by atoms with Crippen molar-refractivity contribution in [1.29, 1.82) is 0 Å². The minimum atomic E-state index is -0.513. The molecular formula is C14H19NO3. The summed E-state index contributed by atoms with van der Waals surface area (Å²) in [5.41, 5.74) is 0.118. The highest BCUT2D eigenvalue weighted by atomic mass is 16.6. The van der Waals surface area contributed by atoms with Crippen molar-refractivity contribution in [2.24, 2.45) is 0 Å². The van der Waals surface area contributed by atoms with Crippen LogP contribution in [0, 0.1) is 0 Å². The molecule has 4 nitrogen and oxygen atoms in total. The van der Waals surface area contributed by atoms with Crippen molar-refractivity contribution in [2.75, 3.05) is 11.9 Å². The molecule has 0 atom stereocenters. The molecule has 0 aromatic heterocycles. The first-order valence-electron chi connectivity index (χ1n) is 5.74. The Hall–Kier alpha value is -1.97. The van der Waals surface area contributed by atoms with E-state index in [2.05, 4.69) is 11.9 Å². The van der Waals surface area contributed by atoms with Gasteiger partial charge >= 0.3 is 6.09 Å². The van der Waals surface area contributed by atoms with Gasteiger partial charge in [0.15, 0.2) is 0 Å². The fraction of sp³-hybridized carbons (Fsp3) is 0.357. The molecule has 18 heavy (non-hydrogen) atoms. The average molecular weight is 249 g/mol. The number of hydrogen-bond acceptors (Lipinski definition) is 3. The van der Waals surface area contributed by atoms with Gasteiger partial charge in [0.1, 0.15) is 18.0 Å². The Morgan fingerprint density at radius 2 is 2.17 bits per heavy atom. The van der Waals surface area contributed by atoms with E-state index in [1.165, 1.54) is 0 Å². The van der Waals surface area contributed by atoms with E-state index in [4.69, 9.17) is 9.47 Å². The highest BCUT2D eigenvalue weighted by Gasteiger charge is 2.16. The summed E-state index contributed by atoms with van der Waals surface area (Å²) >= 11 is 0. The van der Waals surface area contributed by atoms with Crippen molar-refractivity contribution < 1.29 is 14.3 Å². The lowest BCUT2D eigenvalue weighted by molar-refractivity contribution is 0.0636. The molecule has 0 aliphatic rings. The van der Waals surface area contributed by atoms with E-state index in [9.17, 15) is 4.79 Å². The van der Waals surface area contributed by atoms with E-state index in [1.807, 2.05) is 26.8 Å². The zero-order chi connectivity index (χ0) is 13.6. The predicted octanol–water partition coefficient (Wildman–Crippen LogP) is 3.60. The summed E-state index contributed by atoms with van der Waals surface area (Å²) in [6.45, 7) is 9.45. The molecule has 0 radical (unpaired) electrons. The largest absolute Gasteiger partial charge is 0.489 e. The highest BCUT2D eigenvalue weighted by Crippen LogP contribution is 2.18. The maximum Gasteiger partial charge on any atom is 0.412 e. The number of amides is 1. The van der Waals surface area contributed by atoms with Gasteiger partial charge in [0.25, 0.3) is 0 Å². The van der Waals surface area contributed by atoms with Gasteiger partial charge < -0.3 is 9.47 Å². The monoisotopic (exact) mass is 249 g/mol. The molecule has 0 fully saturated rings. The number of anilines is 1. The molecule has 0 bridgehead atoms. The molecule has 0 heterocycles. The molecule has 1 rings (SSSR count). The minimum Gasteiger partial charge on any atom is -0.489 e. The maximum atomic E-state index is 11.6. The first-order chi connectivity index (χ1) is 8.40. The smallest absolute Gasteiger partial charge is 0.412 e. The molecule has 0 saturated carbocycles. The number of nitrogens with one attached hydrogen (secondary N) is 1. The number of rotatable bonds is 4. The zero-order valence-electron chi connectivity index (χ0n) is 11.0. The van der Waals surface area contributed by atoms with E-state index in [-0.39, 0.29) is 0 Å². The van der Waals surface area contributed by atoms with Gasteiger partial charge in [-0.05, 0) is 32.9 Å². The Bertz CT molecular complexity index is 421. The third-order valence-electron chi connectivity index (χ3n) is 1.85. The van der Waals surface area contributed by atoms with Crippen LogP contribution >= 0.6 is 0 Å². The molecular weight excluding hydrogens is 230 g/mol. The van der Waals surface area contributed by atoms with Crippen molar-refractivity contribution in [3.05, 3.63) is 36.9 Å². The summed E-state index contributed by atoms with van der Waals surface area (Å²) in [6.07, 6.45) is 1.18. The van der Waals surface area contributed by atoms with Crippen molar-refractivity contribution in [2.45, 2.75) is 26.4 Å². The van der Waals surface area contributed by atoms with Crippen LogP contribution in [0.25, 0.3) is 0 Å². The summed E-state index contributed by atoms with van der Waals surface area (Å²) in [6, 6.07) is 7.10. The number of carbonyl (C=O) groups is 1. The highest BCUT2D eigenvalue weighted by molar-refractivity contribution is 5.85. The van der Waals surface area contributed by atoms with Gasteiger partial charge in [0, 0.05) is 11.8 Å².